The second kappa shape index (κ2) is 3.23. The molecule has 0 aliphatic carbocycles. The molecule has 0 spiro atoms. The molecule has 2 heteroatoms. The molecule has 88 valence electrons. The van der Waals surface area contributed by atoms with Crippen molar-refractivity contribution in [1.29, 1.82) is 0 Å². The Kier molecular flexibility index (Phi) is 2.70. The zero-order chi connectivity index (χ0) is 12.1. The van der Waals surface area contributed by atoms with E-state index >= 15 is 0 Å². The van der Waals surface area contributed by atoms with Gasteiger partial charge in [0.1, 0.15) is 0 Å². The third-order valence-corrected chi connectivity index (χ3v) is 4.26. The maximum absolute atomic E-state index is 11.8. The quantitative estimate of drug-likeness (QED) is 0.603. The van der Waals surface area contributed by atoms with Crippen molar-refractivity contribution in [2.45, 2.75) is 48.0 Å². The molecule has 0 aromatic carbocycles. The summed E-state index contributed by atoms with van der Waals surface area (Å²) in [5.41, 5.74) is 0.406. The van der Waals surface area contributed by atoms with Gasteiger partial charge in [-0.05, 0) is 10.8 Å². The number of rotatable bonds is 0. The van der Waals surface area contributed by atoms with Gasteiger partial charge in [0.25, 0.3) is 0 Å². The van der Waals surface area contributed by atoms with Crippen molar-refractivity contribution < 1.29 is 4.79 Å². The summed E-state index contributed by atoms with van der Waals surface area (Å²) in [7, 11) is 1.92. The van der Waals surface area contributed by atoms with E-state index in [-0.39, 0.29) is 16.2 Å². The third kappa shape index (κ3) is 1.79. The smallest absolute Gasteiger partial charge is 0.222 e. The lowest BCUT2D eigenvalue weighted by Crippen LogP contribution is -2.47. The van der Waals surface area contributed by atoms with Crippen LogP contribution in [0.15, 0.2) is 0 Å². The van der Waals surface area contributed by atoms with Crippen LogP contribution in [-0.4, -0.2) is 24.4 Å². The molecule has 1 aliphatic rings. The predicted molar refractivity (Wildman–Crippen MR) is 63.6 cm³/mol. The molecule has 1 rings (SSSR count). The van der Waals surface area contributed by atoms with E-state index in [1.165, 1.54) is 0 Å². The molecule has 1 heterocycles. The molecule has 1 saturated heterocycles. The van der Waals surface area contributed by atoms with Crippen molar-refractivity contribution >= 4 is 5.91 Å². The van der Waals surface area contributed by atoms with Gasteiger partial charge in [-0.1, -0.05) is 41.5 Å². The summed E-state index contributed by atoms with van der Waals surface area (Å²) in [6, 6.07) is 0. The first-order valence-electron chi connectivity index (χ1n) is 5.75. The van der Waals surface area contributed by atoms with Crippen LogP contribution in [0.4, 0.5) is 0 Å². The Morgan fingerprint density at radius 1 is 1.07 bits per heavy atom. The molecule has 1 aliphatic heterocycles. The van der Waals surface area contributed by atoms with Crippen molar-refractivity contribution in [2.75, 3.05) is 13.6 Å². The Hall–Kier alpha value is -0.530. The first kappa shape index (κ1) is 12.5. The van der Waals surface area contributed by atoms with E-state index in [2.05, 4.69) is 41.5 Å². The van der Waals surface area contributed by atoms with Crippen LogP contribution in [-0.2, 0) is 4.79 Å². The molecule has 1 amide bonds. The zero-order valence-electron chi connectivity index (χ0n) is 11.3. The molecule has 0 bridgehead atoms. The normalized spacial score (nSPS) is 22.3. The van der Waals surface area contributed by atoms with Gasteiger partial charge in [0.2, 0.25) is 5.91 Å². The van der Waals surface area contributed by atoms with Gasteiger partial charge >= 0.3 is 0 Å². The topological polar surface area (TPSA) is 20.3 Å². The highest BCUT2D eigenvalue weighted by Gasteiger charge is 2.56. The van der Waals surface area contributed by atoms with Gasteiger partial charge in [-0.25, -0.2) is 0 Å². The molecule has 0 aromatic rings. The van der Waals surface area contributed by atoms with Gasteiger partial charge < -0.3 is 4.90 Å². The maximum atomic E-state index is 11.8. The molecule has 1 fully saturated rings. The fourth-order valence-corrected chi connectivity index (χ4v) is 3.07. The van der Waals surface area contributed by atoms with Crippen LogP contribution in [0.1, 0.15) is 48.0 Å². The molecular formula is C13H25NO. The number of hydrogen-bond acceptors (Lipinski definition) is 1. The second-order valence-electron chi connectivity index (χ2n) is 7.01. The molecule has 2 nitrogen and oxygen atoms in total. The van der Waals surface area contributed by atoms with Crippen molar-refractivity contribution in [1.82, 2.24) is 4.90 Å². The van der Waals surface area contributed by atoms with E-state index in [0.29, 0.717) is 12.3 Å². The minimum Gasteiger partial charge on any atom is -0.345 e. The lowest BCUT2D eigenvalue weighted by atomic mass is 9.53. The van der Waals surface area contributed by atoms with Crippen molar-refractivity contribution in [3.8, 4) is 0 Å². The largest absolute Gasteiger partial charge is 0.345 e. The fraction of sp³-hybridized carbons (Fsp3) is 0.923. The summed E-state index contributed by atoms with van der Waals surface area (Å²) in [4.78, 5) is 13.7. The van der Waals surface area contributed by atoms with E-state index in [1.807, 2.05) is 11.9 Å². The van der Waals surface area contributed by atoms with Crippen LogP contribution >= 0.6 is 0 Å². The number of hydrogen-bond donors (Lipinski definition) is 0. The van der Waals surface area contributed by atoms with Crippen LogP contribution in [0.5, 0.6) is 0 Å². The summed E-state index contributed by atoms with van der Waals surface area (Å²) in [6.07, 6.45) is 0.691. The van der Waals surface area contributed by atoms with Gasteiger partial charge in [0.05, 0.1) is 0 Å². The van der Waals surface area contributed by atoms with E-state index < -0.39 is 0 Å². The van der Waals surface area contributed by atoms with E-state index in [4.69, 9.17) is 0 Å². The summed E-state index contributed by atoms with van der Waals surface area (Å²) in [6.45, 7) is 14.4. The number of nitrogens with zero attached hydrogens (tertiary/aromatic N) is 1. The van der Waals surface area contributed by atoms with E-state index in [0.717, 1.165) is 6.54 Å². The number of amides is 1. The minimum atomic E-state index is 0.0891. The van der Waals surface area contributed by atoms with Crippen molar-refractivity contribution in [3.63, 3.8) is 0 Å². The van der Waals surface area contributed by atoms with E-state index in [9.17, 15) is 4.79 Å². The fourth-order valence-electron chi connectivity index (χ4n) is 3.07. The Morgan fingerprint density at radius 2 is 1.47 bits per heavy atom. The van der Waals surface area contributed by atoms with Gasteiger partial charge in [0.15, 0.2) is 0 Å². The first-order valence-corrected chi connectivity index (χ1v) is 5.75. The SMILES string of the molecule is CN1CC(C(C)(C)C)(C(C)(C)C)CC1=O. The van der Waals surface area contributed by atoms with Crippen LogP contribution in [0.2, 0.25) is 0 Å². The minimum absolute atomic E-state index is 0.0891. The zero-order valence-corrected chi connectivity index (χ0v) is 11.3. The molecule has 0 atom stereocenters. The van der Waals surface area contributed by atoms with Crippen LogP contribution in [0.3, 0.4) is 0 Å². The number of carbonyl (C=O) groups excluding carboxylic acids is 1. The summed E-state index contributed by atoms with van der Waals surface area (Å²) < 4.78 is 0. The molecular weight excluding hydrogens is 186 g/mol. The highest BCUT2D eigenvalue weighted by atomic mass is 16.2. The summed E-state index contributed by atoms with van der Waals surface area (Å²) in [5, 5.41) is 0. The maximum Gasteiger partial charge on any atom is 0.222 e. The standard InChI is InChI=1S/C13H25NO/c1-11(2,3)13(12(4,5)6)8-10(15)14(7)9-13/h8-9H2,1-7H3. The Morgan fingerprint density at radius 3 is 1.60 bits per heavy atom. The molecule has 15 heavy (non-hydrogen) atoms. The summed E-state index contributed by atoms with van der Waals surface area (Å²) >= 11 is 0. The van der Waals surface area contributed by atoms with Crippen LogP contribution in [0, 0.1) is 16.2 Å². The predicted octanol–water partition coefficient (Wildman–Crippen LogP) is 2.93. The van der Waals surface area contributed by atoms with Gasteiger partial charge in [-0.15, -0.1) is 0 Å². The van der Waals surface area contributed by atoms with E-state index in [1.54, 1.807) is 0 Å². The number of carbonyl (C=O) groups is 1. The Labute approximate surface area is 94.0 Å². The molecule has 0 unspecified atom stereocenters. The second-order valence-corrected chi connectivity index (χ2v) is 7.01. The van der Waals surface area contributed by atoms with Gasteiger partial charge in [-0.3, -0.25) is 4.79 Å². The van der Waals surface area contributed by atoms with Crippen molar-refractivity contribution in [2.24, 2.45) is 16.2 Å². The average Bonchev–Trinajstić information content (AvgIpc) is 2.26. The highest BCUT2D eigenvalue weighted by Crippen LogP contribution is 2.56. The average molecular weight is 211 g/mol. The highest BCUT2D eigenvalue weighted by molar-refractivity contribution is 5.79. The third-order valence-electron chi connectivity index (χ3n) is 4.26. The lowest BCUT2D eigenvalue weighted by molar-refractivity contribution is -0.127. The molecule has 0 radical (unpaired) electrons. The first-order chi connectivity index (χ1) is 6.51. The molecule has 0 N–H and O–H groups in total. The molecule has 0 saturated carbocycles. The van der Waals surface area contributed by atoms with Gasteiger partial charge in [-0.2, -0.15) is 0 Å². The summed E-state index contributed by atoms with van der Waals surface area (Å²) in [5.74, 6) is 0.292. The monoisotopic (exact) mass is 211 g/mol. The molecule has 0 aromatic heterocycles. The van der Waals surface area contributed by atoms with Crippen LogP contribution < -0.4 is 0 Å². The van der Waals surface area contributed by atoms with Crippen molar-refractivity contribution in [3.05, 3.63) is 0 Å². The number of likely N-dealkylation sites (tertiary alicyclic amines) is 1. The van der Waals surface area contributed by atoms with Crippen LogP contribution in [0.25, 0.3) is 0 Å². The lowest BCUT2D eigenvalue weighted by Gasteiger charge is -2.50. The Bertz CT molecular complexity index is 253. The Balaban J connectivity index is 3.18. The van der Waals surface area contributed by atoms with Gasteiger partial charge in [0, 0.05) is 25.4 Å².